The molecule has 1 amide bonds. The number of aromatic amines is 1. The summed E-state index contributed by atoms with van der Waals surface area (Å²) in [6.45, 7) is 1.57. The van der Waals surface area contributed by atoms with Gasteiger partial charge >= 0.3 is 5.97 Å². The van der Waals surface area contributed by atoms with Gasteiger partial charge in [-0.05, 0) is 25.0 Å². The number of thiazole rings is 1. The Balaban J connectivity index is 0.00000218. The van der Waals surface area contributed by atoms with E-state index < -0.39 is 11.4 Å². The molecule has 1 fully saturated rings. The molecule has 9 heteroatoms. The van der Waals surface area contributed by atoms with Crippen LogP contribution in [0.15, 0.2) is 30.3 Å². The van der Waals surface area contributed by atoms with E-state index in [2.05, 4.69) is 15.3 Å². The first-order valence-electron chi connectivity index (χ1n) is 9.87. The molecule has 2 aromatic heterocycles. The van der Waals surface area contributed by atoms with Crippen molar-refractivity contribution in [3.8, 4) is 0 Å². The van der Waals surface area contributed by atoms with E-state index in [-0.39, 0.29) is 12.1 Å². The van der Waals surface area contributed by atoms with Gasteiger partial charge in [0.15, 0.2) is 5.13 Å². The molecule has 6 N–H and O–H groups in total. The van der Waals surface area contributed by atoms with Crippen LogP contribution in [0.5, 0.6) is 0 Å². The minimum Gasteiger partial charge on any atom is -0.481 e. The molecule has 2 aliphatic rings. The first-order chi connectivity index (χ1) is 14.0. The fourth-order valence-corrected chi connectivity index (χ4v) is 5.14. The maximum Gasteiger partial charge on any atom is 0.311 e. The van der Waals surface area contributed by atoms with Crippen LogP contribution in [0, 0.1) is 5.41 Å². The van der Waals surface area contributed by atoms with Gasteiger partial charge in [-0.2, -0.15) is 0 Å². The maximum atomic E-state index is 13.0. The smallest absolute Gasteiger partial charge is 0.311 e. The van der Waals surface area contributed by atoms with Crippen LogP contribution in [-0.2, 0) is 17.8 Å². The van der Waals surface area contributed by atoms with Crippen LogP contribution in [0.2, 0.25) is 0 Å². The number of hydrogen-bond acceptors (Lipinski definition) is 6. The number of aliphatic carboxylic acids is 1. The van der Waals surface area contributed by atoms with Crippen molar-refractivity contribution in [2.24, 2.45) is 5.41 Å². The highest BCUT2D eigenvalue weighted by molar-refractivity contribution is 7.15. The predicted octanol–water partition coefficient (Wildman–Crippen LogP) is 3.65. The summed E-state index contributed by atoms with van der Waals surface area (Å²) >= 11 is 1.52. The lowest BCUT2D eigenvalue weighted by atomic mass is 9.69. The molecule has 3 aromatic rings. The van der Waals surface area contributed by atoms with Crippen molar-refractivity contribution in [3.05, 3.63) is 46.6 Å². The lowest BCUT2D eigenvalue weighted by Gasteiger charge is -2.37. The van der Waals surface area contributed by atoms with E-state index in [1.54, 1.807) is 0 Å². The van der Waals surface area contributed by atoms with Gasteiger partial charge < -0.3 is 26.5 Å². The molecule has 1 saturated carbocycles. The van der Waals surface area contributed by atoms with Gasteiger partial charge in [-0.25, -0.2) is 4.98 Å². The molecule has 8 nitrogen and oxygen atoms in total. The second-order valence-corrected chi connectivity index (χ2v) is 9.01. The summed E-state index contributed by atoms with van der Waals surface area (Å²) < 4.78 is 0. The van der Waals surface area contributed by atoms with Crippen LogP contribution in [0.3, 0.4) is 0 Å². The molecule has 0 atom stereocenters. The van der Waals surface area contributed by atoms with E-state index in [1.807, 2.05) is 35.2 Å². The zero-order chi connectivity index (χ0) is 20.0. The van der Waals surface area contributed by atoms with Gasteiger partial charge in [-0.3, -0.25) is 9.59 Å². The van der Waals surface area contributed by atoms with Crippen LogP contribution >= 0.6 is 11.3 Å². The van der Waals surface area contributed by atoms with Gasteiger partial charge in [0.2, 0.25) is 0 Å². The van der Waals surface area contributed by atoms with Gasteiger partial charge in [0.1, 0.15) is 5.69 Å². The number of nitrogens with one attached hydrogen (secondary N) is 2. The summed E-state index contributed by atoms with van der Waals surface area (Å²) in [6.07, 6.45) is 3.11. The van der Waals surface area contributed by atoms with Crippen molar-refractivity contribution in [3.63, 3.8) is 0 Å². The Hall–Kier alpha value is -2.91. The van der Waals surface area contributed by atoms with Crippen LogP contribution < -0.4 is 11.5 Å². The molecule has 3 heterocycles. The topological polar surface area (TPSA) is 133 Å². The number of amides is 1. The lowest BCUT2D eigenvalue weighted by molar-refractivity contribution is -0.153. The number of anilines is 1. The number of fused-ring (bicyclic) bond motifs is 2. The number of hydrogen-bond donors (Lipinski definition) is 4. The number of H-pyrrole nitrogens is 1. The molecule has 158 valence electrons. The minimum atomic E-state index is -0.729. The van der Waals surface area contributed by atoms with Gasteiger partial charge in [-0.1, -0.05) is 36.0 Å². The quantitative estimate of drug-likeness (QED) is 0.491. The molecular formula is C21H25N5O3S. The Bertz CT molecular complexity index is 1070. The van der Waals surface area contributed by atoms with E-state index >= 15 is 0 Å². The third-order valence-electron chi connectivity index (χ3n) is 6.12. The third kappa shape index (κ3) is 3.44. The SMILES string of the molecule is N.O=C(c1cc2ccccc2[nH]1)N1CCc2nc(NCC3(C(=O)O)CCC3)sc2C1. The third-order valence-corrected chi connectivity index (χ3v) is 7.16. The molecular weight excluding hydrogens is 402 g/mol. The molecule has 30 heavy (non-hydrogen) atoms. The highest BCUT2D eigenvalue weighted by atomic mass is 32.1. The summed E-state index contributed by atoms with van der Waals surface area (Å²) in [6, 6.07) is 9.76. The summed E-state index contributed by atoms with van der Waals surface area (Å²) in [5.74, 6) is -0.735. The number of carbonyl (C=O) groups excluding carboxylic acids is 1. The Morgan fingerprint density at radius 3 is 2.80 bits per heavy atom. The fraction of sp³-hybridized carbons (Fsp3) is 0.381. The zero-order valence-corrected chi connectivity index (χ0v) is 17.4. The second kappa shape index (κ2) is 7.73. The normalized spacial score (nSPS) is 17.0. The number of carboxylic acids is 1. The van der Waals surface area contributed by atoms with Crippen LogP contribution in [-0.4, -0.2) is 44.9 Å². The molecule has 1 aliphatic heterocycles. The Kier molecular flexibility index (Phi) is 5.25. The largest absolute Gasteiger partial charge is 0.481 e. The van der Waals surface area contributed by atoms with E-state index in [9.17, 15) is 14.7 Å². The molecule has 5 rings (SSSR count). The van der Waals surface area contributed by atoms with Crippen LogP contribution in [0.1, 0.15) is 40.3 Å². The number of rotatable bonds is 5. The number of carboxylic acid groups (broad SMARTS) is 1. The molecule has 0 saturated heterocycles. The molecule has 0 spiro atoms. The number of carbonyl (C=O) groups is 2. The van der Waals surface area contributed by atoms with Gasteiger partial charge in [-0.15, -0.1) is 0 Å². The van der Waals surface area contributed by atoms with Gasteiger partial charge in [0.25, 0.3) is 5.91 Å². The van der Waals surface area contributed by atoms with Crippen molar-refractivity contribution < 1.29 is 14.7 Å². The van der Waals surface area contributed by atoms with E-state index in [1.165, 1.54) is 11.3 Å². The average Bonchev–Trinajstić information content (AvgIpc) is 3.29. The molecule has 1 aliphatic carbocycles. The van der Waals surface area contributed by atoms with Crippen molar-refractivity contribution in [1.82, 2.24) is 21.0 Å². The Labute approximate surface area is 177 Å². The minimum absolute atomic E-state index is 0. The molecule has 0 bridgehead atoms. The summed E-state index contributed by atoms with van der Waals surface area (Å²) in [5, 5.41) is 14.5. The Morgan fingerprint density at radius 1 is 1.30 bits per heavy atom. The average molecular weight is 428 g/mol. The second-order valence-electron chi connectivity index (χ2n) is 7.93. The standard InChI is InChI=1S/C21H22N4O3S.H3N/c26-18(16-10-13-4-1-2-5-14(13)23-16)25-9-6-15-17(11-25)29-20(24-15)22-12-21(19(27)28)7-3-8-21;/h1-2,4-5,10,23H,3,6-9,11-12H2,(H,22,24)(H,27,28);1H3. The van der Waals surface area contributed by atoms with Crippen molar-refractivity contribution in [2.75, 3.05) is 18.4 Å². The predicted molar refractivity (Wildman–Crippen MR) is 116 cm³/mol. The molecule has 0 unspecified atom stereocenters. The number of benzene rings is 1. The number of aromatic nitrogens is 2. The first kappa shape index (κ1) is 20.4. The summed E-state index contributed by atoms with van der Waals surface area (Å²) in [4.78, 5) is 35.3. The summed E-state index contributed by atoms with van der Waals surface area (Å²) in [5.41, 5.74) is 1.92. The van der Waals surface area contributed by atoms with Crippen molar-refractivity contribution in [1.29, 1.82) is 0 Å². The highest BCUT2D eigenvalue weighted by Gasteiger charge is 2.44. The number of para-hydroxylation sites is 1. The number of nitrogens with zero attached hydrogens (tertiary/aromatic N) is 2. The maximum absolute atomic E-state index is 13.0. The van der Waals surface area contributed by atoms with E-state index in [0.717, 1.165) is 33.0 Å². The fourth-order valence-electron chi connectivity index (χ4n) is 4.12. The van der Waals surface area contributed by atoms with Crippen molar-refractivity contribution >= 4 is 39.2 Å². The lowest BCUT2D eigenvalue weighted by Crippen LogP contribution is -2.43. The van der Waals surface area contributed by atoms with Crippen LogP contribution in [0.4, 0.5) is 5.13 Å². The zero-order valence-electron chi connectivity index (χ0n) is 16.6. The molecule has 0 radical (unpaired) electrons. The van der Waals surface area contributed by atoms with E-state index in [4.69, 9.17) is 0 Å². The Morgan fingerprint density at radius 2 is 2.10 bits per heavy atom. The van der Waals surface area contributed by atoms with Gasteiger partial charge in [0.05, 0.1) is 17.7 Å². The first-order valence-corrected chi connectivity index (χ1v) is 10.7. The highest BCUT2D eigenvalue weighted by Crippen LogP contribution is 2.41. The molecule has 1 aromatic carbocycles. The van der Waals surface area contributed by atoms with Crippen LogP contribution in [0.25, 0.3) is 10.9 Å². The van der Waals surface area contributed by atoms with E-state index in [0.29, 0.717) is 44.6 Å². The van der Waals surface area contributed by atoms with Crippen molar-refractivity contribution in [2.45, 2.75) is 32.2 Å². The monoisotopic (exact) mass is 427 g/mol. The summed E-state index contributed by atoms with van der Waals surface area (Å²) in [7, 11) is 0. The van der Waals surface area contributed by atoms with Gasteiger partial charge in [0, 0.05) is 35.3 Å².